The van der Waals surface area contributed by atoms with Crippen molar-refractivity contribution in [2.45, 2.75) is 11.8 Å². The smallest absolute Gasteiger partial charge is 0.134 e. The summed E-state index contributed by atoms with van der Waals surface area (Å²) in [5, 5.41) is 0.413. The minimum absolute atomic E-state index is 0.407. The number of hydrogen-bond donors (Lipinski definition) is 0. The summed E-state index contributed by atoms with van der Waals surface area (Å²) < 4.78 is 5.23. The zero-order valence-corrected chi connectivity index (χ0v) is 8.33. The molecule has 1 aliphatic rings. The lowest BCUT2D eigenvalue weighted by molar-refractivity contribution is -0.112. The predicted octanol–water partition coefficient (Wildman–Crippen LogP) is 1.59. The van der Waals surface area contributed by atoms with Crippen molar-refractivity contribution >= 4 is 17.9 Å². The third kappa shape index (κ3) is 1.53. The van der Waals surface area contributed by atoms with Crippen LogP contribution in [0.25, 0.3) is 0 Å². The summed E-state index contributed by atoms with van der Waals surface area (Å²) in [4.78, 5) is 15.2. The summed E-state index contributed by atoms with van der Waals surface area (Å²) in [6.07, 6.45) is 1.60. The lowest BCUT2D eigenvalue weighted by atomic mass is 9.85. The van der Waals surface area contributed by atoms with Crippen LogP contribution in [0.1, 0.15) is 12.1 Å². The van der Waals surface area contributed by atoms with Gasteiger partial charge in [-0.2, -0.15) is 0 Å². The Morgan fingerprint density at radius 2 is 2.43 bits per heavy atom. The Kier molecular flexibility index (Phi) is 2.52. The minimum Gasteiger partial charge on any atom is -0.380 e. The number of aldehydes is 1. The van der Waals surface area contributed by atoms with Crippen LogP contribution in [0.2, 0.25) is 5.15 Å². The van der Waals surface area contributed by atoms with Crippen LogP contribution in [0.3, 0.4) is 0 Å². The first-order chi connectivity index (χ1) is 6.77. The van der Waals surface area contributed by atoms with E-state index < -0.39 is 5.41 Å². The molecule has 1 unspecified atom stereocenters. The Morgan fingerprint density at radius 3 is 3.00 bits per heavy atom. The molecular weight excluding hydrogens is 202 g/mol. The first kappa shape index (κ1) is 9.62. The molecule has 0 N–H and O–H groups in total. The fourth-order valence-corrected chi connectivity index (χ4v) is 1.79. The van der Waals surface area contributed by atoms with Gasteiger partial charge in [-0.05, 0) is 18.6 Å². The van der Waals surface area contributed by atoms with Crippen molar-refractivity contribution < 1.29 is 9.53 Å². The van der Waals surface area contributed by atoms with Crippen molar-refractivity contribution in [1.29, 1.82) is 0 Å². The molecule has 1 atom stereocenters. The molecule has 2 rings (SSSR count). The molecule has 0 aromatic carbocycles. The molecule has 0 radical (unpaired) electrons. The van der Waals surface area contributed by atoms with Gasteiger partial charge in [-0.3, -0.25) is 0 Å². The monoisotopic (exact) mass is 211 g/mol. The molecule has 4 heteroatoms. The first-order valence-corrected chi connectivity index (χ1v) is 4.82. The fourth-order valence-electron chi connectivity index (χ4n) is 1.62. The van der Waals surface area contributed by atoms with Gasteiger partial charge < -0.3 is 9.53 Å². The average molecular weight is 212 g/mol. The van der Waals surface area contributed by atoms with E-state index in [1.807, 2.05) is 6.07 Å². The summed E-state index contributed by atoms with van der Waals surface area (Å²) in [7, 11) is 0. The molecule has 74 valence electrons. The van der Waals surface area contributed by atoms with E-state index in [1.165, 1.54) is 0 Å². The SMILES string of the molecule is O=CC1(c2cccc(Cl)n2)CCOC1. The van der Waals surface area contributed by atoms with E-state index in [1.54, 1.807) is 12.1 Å². The van der Waals surface area contributed by atoms with Crippen LogP contribution in [0.15, 0.2) is 18.2 Å². The molecule has 1 aliphatic heterocycles. The summed E-state index contributed by atoms with van der Waals surface area (Å²) in [6, 6.07) is 5.31. The Morgan fingerprint density at radius 1 is 1.57 bits per heavy atom. The first-order valence-electron chi connectivity index (χ1n) is 4.44. The third-order valence-electron chi connectivity index (χ3n) is 2.50. The van der Waals surface area contributed by atoms with E-state index in [4.69, 9.17) is 16.3 Å². The molecule has 1 aromatic heterocycles. The van der Waals surface area contributed by atoms with Gasteiger partial charge in [0.05, 0.1) is 17.7 Å². The van der Waals surface area contributed by atoms with Crippen LogP contribution >= 0.6 is 11.6 Å². The fraction of sp³-hybridized carbons (Fsp3) is 0.400. The quantitative estimate of drug-likeness (QED) is 0.551. The average Bonchev–Trinajstić information content (AvgIpc) is 2.67. The van der Waals surface area contributed by atoms with Crippen LogP contribution < -0.4 is 0 Å². The maximum absolute atomic E-state index is 11.1. The highest BCUT2D eigenvalue weighted by molar-refractivity contribution is 6.29. The normalized spacial score (nSPS) is 26.4. The van der Waals surface area contributed by atoms with E-state index in [9.17, 15) is 4.79 Å². The van der Waals surface area contributed by atoms with Crippen LogP contribution in [0, 0.1) is 0 Å². The molecule has 2 heterocycles. The number of carbonyl (C=O) groups is 1. The van der Waals surface area contributed by atoms with Crippen molar-refractivity contribution in [2.24, 2.45) is 0 Å². The van der Waals surface area contributed by atoms with Gasteiger partial charge >= 0.3 is 0 Å². The number of aromatic nitrogens is 1. The number of halogens is 1. The van der Waals surface area contributed by atoms with Gasteiger partial charge in [-0.15, -0.1) is 0 Å². The van der Waals surface area contributed by atoms with E-state index in [0.29, 0.717) is 30.5 Å². The molecule has 3 nitrogen and oxygen atoms in total. The summed E-state index contributed by atoms with van der Waals surface area (Å²) in [6.45, 7) is 1.01. The second kappa shape index (κ2) is 3.67. The Labute approximate surface area is 87.0 Å². The lowest BCUT2D eigenvalue weighted by Gasteiger charge is -2.18. The second-order valence-corrected chi connectivity index (χ2v) is 3.81. The summed E-state index contributed by atoms with van der Waals surface area (Å²) in [5.74, 6) is 0. The van der Waals surface area contributed by atoms with Crippen molar-refractivity contribution in [1.82, 2.24) is 4.98 Å². The lowest BCUT2D eigenvalue weighted by Crippen LogP contribution is -2.29. The Balaban J connectivity index is 2.40. The number of ether oxygens (including phenoxy) is 1. The molecule has 1 aromatic rings. The van der Waals surface area contributed by atoms with Crippen LogP contribution in [0.4, 0.5) is 0 Å². The maximum Gasteiger partial charge on any atom is 0.134 e. The predicted molar refractivity (Wildman–Crippen MR) is 52.4 cm³/mol. The minimum atomic E-state index is -0.578. The van der Waals surface area contributed by atoms with E-state index in [0.717, 1.165) is 6.29 Å². The molecule has 0 saturated carbocycles. The van der Waals surface area contributed by atoms with Gasteiger partial charge in [0.25, 0.3) is 0 Å². The molecule has 0 spiro atoms. The summed E-state index contributed by atoms with van der Waals surface area (Å²) in [5.41, 5.74) is 0.128. The third-order valence-corrected chi connectivity index (χ3v) is 2.71. The van der Waals surface area contributed by atoms with Crippen LogP contribution in [-0.4, -0.2) is 24.5 Å². The van der Waals surface area contributed by atoms with Gasteiger partial charge in [-0.1, -0.05) is 17.7 Å². The highest BCUT2D eigenvalue weighted by Crippen LogP contribution is 2.30. The highest BCUT2D eigenvalue weighted by atomic mass is 35.5. The van der Waals surface area contributed by atoms with Crippen LogP contribution in [-0.2, 0) is 14.9 Å². The standard InChI is InChI=1S/C10H10ClNO2/c11-9-3-1-2-8(12-9)10(6-13)4-5-14-7-10/h1-3,6H,4-5,7H2. The number of nitrogens with zero attached hydrogens (tertiary/aromatic N) is 1. The van der Waals surface area contributed by atoms with Crippen LogP contribution in [0.5, 0.6) is 0 Å². The number of hydrogen-bond acceptors (Lipinski definition) is 3. The Hall–Kier alpha value is -0.930. The molecular formula is C10H10ClNO2. The highest BCUT2D eigenvalue weighted by Gasteiger charge is 2.37. The van der Waals surface area contributed by atoms with E-state index >= 15 is 0 Å². The number of pyridine rings is 1. The molecule has 1 saturated heterocycles. The molecule has 14 heavy (non-hydrogen) atoms. The Bertz CT molecular complexity index is 348. The topological polar surface area (TPSA) is 39.2 Å². The molecule has 0 aliphatic carbocycles. The zero-order chi connectivity index (χ0) is 10.0. The molecule has 0 amide bonds. The van der Waals surface area contributed by atoms with Gasteiger partial charge in [0.1, 0.15) is 11.4 Å². The van der Waals surface area contributed by atoms with Gasteiger partial charge in [0, 0.05) is 6.61 Å². The van der Waals surface area contributed by atoms with Crippen molar-refractivity contribution in [2.75, 3.05) is 13.2 Å². The van der Waals surface area contributed by atoms with Gasteiger partial charge in [0.2, 0.25) is 0 Å². The second-order valence-electron chi connectivity index (χ2n) is 3.42. The van der Waals surface area contributed by atoms with Crippen molar-refractivity contribution in [3.63, 3.8) is 0 Å². The van der Waals surface area contributed by atoms with E-state index in [2.05, 4.69) is 4.98 Å². The van der Waals surface area contributed by atoms with Gasteiger partial charge in [0.15, 0.2) is 0 Å². The molecule has 0 bridgehead atoms. The largest absolute Gasteiger partial charge is 0.380 e. The van der Waals surface area contributed by atoms with Crippen molar-refractivity contribution in [3.8, 4) is 0 Å². The zero-order valence-electron chi connectivity index (χ0n) is 7.57. The number of rotatable bonds is 2. The summed E-state index contributed by atoms with van der Waals surface area (Å²) >= 11 is 5.77. The maximum atomic E-state index is 11.1. The van der Waals surface area contributed by atoms with Crippen molar-refractivity contribution in [3.05, 3.63) is 29.0 Å². The van der Waals surface area contributed by atoms with E-state index in [-0.39, 0.29) is 0 Å². The molecule has 1 fully saturated rings. The number of carbonyl (C=O) groups excluding carboxylic acids is 1. The van der Waals surface area contributed by atoms with Gasteiger partial charge in [-0.25, -0.2) is 4.98 Å².